The fourth-order valence-corrected chi connectivity index (χ4v) is 1.16. The maximum atomic E-state index is 11.3. The summed E-state index contributed by atoms with van der Waals surface area (Å²) in [5.41, 5.74) is 6.70. The summed E-state index contributed by atoms with van der Waals surface area (Å²) < 4.78 is 10.1. The number of anilines is 1. The van der Waals surface area contributed by atoms with Crippen LogP contribution in [-0.4, -0.2) is 19.7 Å². The van der Waals surface area contributed by atoms with Gasteiger partial charge in [-0.3, -0.25) is 0 Å². The van der Waals surface area contributed by atoms with E-state index in [2.05, 4.69) is 4.74 Å². The summed E-state index contributed by atoms with van der Waals surface area (Å²) in [6.07, 6.45) is 0. The van der Waals surface area contributed by atoms with Crippen LogP contribution in [0.1, 0.15) is 24.2 Å². The number of nitrogen functional groups attached to an aromatic ring is 1. The minimum Gasteiger partial charge on any atom is -0.491 e. The summed E-state index contributed by atoms with van der Waals surface area (Å²) in [7, 11) is 1.34. The lowest BCUT2D eigenvalue weighted by molar-refractivity contribution is 0.0600. The van der Waals surface area contributed by atoms with Gasteiger partial charge >= 0.3 is 5.97 Å². The molecule has 0 saturated carbocycles. The molecule has 0 heterocycles. The van der Waals surface area contributed by atoms with Gasteiger partial charge in [-0.1, -0.05) is 13.8 Å². The van der Waals surface area contributed by atoms with Gasteiger partial charge in [0.15, 0.2) is 0 Å². The van der Waals surface area contributed by atoms with Gasteiger partial charge in [-0.2, -0.15) is 0 Å². The van der Waals surface area contributed by atoms with Crippen molar-refractivity contribution in [1.29, 1.82) is 0 Å². The first-order valence-electron chi connectivity index (χ1n) is 5.15. The van der Waals surface area contributed by atoms with E-state index in [9.17, 15) is 4.79 Å². The number of hydrogen-bond acceptors (Lipinski definition) is 4. The number of benzene rings is 1. The topological polar surface area (TPSA) is 61.5 Å². The second-order valence-electron chi connectivity index (χ2n) is 3.95. The fourth-order valence-electron chi connectivity index (χ4n) is 1.16. The summed E-state index contributed by atoms with van der Waals surface area (Å²) in [4.78, 5) is 11.3. The molecular weight excluding hydrogens is 206 g/mol. The maximum Gasteiger partial charge on any atom is 0.337 e. The van der Waals surface area contributed by atoms with Crippen molar-refractivity contribution in [3.63, 3.8) is 0 Å². The zero-order valence-corrected chi connectivity index (χ0v) is 9.82. The van der Waals surface area contributed by atoms with Crippen LogP contribution < -0.4 is 10.5 Å². The monoisotopic (exact) mass is 223 g/mol. The van der Waals surface area contributed by atoms with Gasteiger partial charge in [0.1, 0.15) is 5.75 Å². The third-order valence-corrected chi connectivity index (χ3v) is 2.01. The molecule has 0 aliphatic carbocycles. The fraction of sp³-hybridized carbons (Fsp3) is 0.417. The molecule has 88 valence electrons. The average Bonchev–Trinajstić information content (AvgIpc) is 2.26. The number of methoxy groups -OCH3 is 1. The molecular formula is C12H17NO3. The smallest absolute Gasteiger partial charge is 0.337 e. The number of esters is 1. The Morgan fingerprint density at radius 1 is 1.44 bits per heavy atom. The van der Waals surface area contributed by atoms with Crippen molar-refractivity contribution in [2.24, 2.45) is 5.92 Å². The Bertz CT molecular complexity index is 375. The molecule has 0 radical (unpaired) electrons. The van der Waals surface area contributed by atoms with Gasteiger partial charge in [-0.05, 0) is 24.1 Å². The summed E-state index contributed by atoms with van der Waals surface area (Å²) >= 11 is 0. The lowest BCUT2D eigenvalue weighted by atomic mass is 10.2. The van der Waals surface area contributed by atoms with E-state index in [0.29, 0.717) is 29.5 Å². The van der Waals surface area contributed by atoms with Crippen LogP contribution in [0, 0.1) is 5.92 Å². The summed E-state index contributed by atoms with van der Waals surface area (Å²) in [6, 6.07) is 4.86. The largest absolute Gasteiger partial charge is 0.491 e. The summed E-state index contributed by atoms with van der Waals surface area (Å²) in [6.45, 7) is 4.65. The molecule has 4 heteroatoms. The molecule has 1 aromatic rings. The van der Waals surface area contributed by atoms with E-state index in [-0.39, 0.29) is 0 Å². The Morgan fingerprint density at radius 2 is 2.12 bits per heavy atom. The zero-order valence-electron chi connectivity index (χ0n) is 9.82. The quantitative estimate of drug-likeness (QED) is 0.627. The molecule has 0 unspecified atom stereocenters. The van der Waals surface area contributed by atoms with E-state index < -0.39 is 5.97 Å². The van der Waals surface area contributed by atoms with Gasteiger partial charge in [-0.25, -0.2) is 4.79 Å². The van der Waals surface area contributed by atoms with E-state index in [4.69, 9.17) is 10.5 Å². The lowest BCUT2D eigenvalue weighted by Gasteiger charge is -2.11. The minimum atomic E-state index is -0.394. The Labute approximate surface area is 95.3 Å². The normalized spacial score (nSPS) is 10.2. The van der Waals surface area contributed by atoms with Crippen LogP contribution in [0.25, 0.3) is 0 Å². The lowest BCUT2D eigenvalue weighted by Crippen LogP contribution is -2.08. The predicted octanol–water partition coefficient (Wildman–Crippen LogP) is 2.09. The first-order chi connectivity index (χ1) is 7.54. The standard InChI is InChI=1S/C12H17NO3/c1-8(2)7-16-11-6-9(12(14)15-3)4-5-10(11)13/h4-6,8H,7,13H2,1-3H3. The molecule has 0 spiro atoms. The van der Waals surface area contributed by atoms with Crippen molar-refractivity contribution < 1.29 is 14.3 Å². The van der Waals surface area contributed by atoms with Crippen LogP contribution in [0.5, 0.6) is 5.75 Å². The highest BCUT2D eigenvalue weighted by Gasteiger charge is 2.09. The molecule has 0 aromatic heterocycles. The molecule has 0 bridgehead atoms. The first-order valence-corrected chi connectivity index (χ1v) is 5.15. The van der Waals surface area contributed by atoms with Gasteiger partial charge in [0.25, 0.3) is 0 Å². The van der Waals surface area contributed by atoms with Crippen LogP contribution in [-0.2, 0) is 4.74 Å². The highest BCUT2D eigenvalue weighted by Crippen LogP contribution is 2.23. The molecule has 0 saturated heterocycles. The number of ether oxygens (including phenoxy) is 2. The van der Waals surface area contributed by atoms with Gasteiger partial charge in [0.2, 0.25) is 0 Å². The van der Waals surface area contributed by atoms with Gasteiger partial charge in [0, 0.05) is 0 Å². The molecule has 1 aromatic carbocycles. The maximum absolute atomic E-state index is 11.3. The summed E-state index contributed by atoms with van der Waals surface area (Å²) in [5, 5.41) is 0. The van der Waals surface area contributed by atoms with E-state index in [1.807, 2.05) is 13.8 Å². The molecule has 0 aliphatic rings. The second-order valence-corrected chi connectivity index (χ2v) is 3.95. The van der Waals surface area contributed by atoms with Crippen molar-refractivity contribution in [2.75, 3.05) is 19.5 Å². The van der Waals surface area contributed by atoms with Crippen molar-refractivity contribution in [1.82, 2.24) is 0 Å². The third kappa shape index (κ3) is 3.15. The van der Waals surface area contributed by atoms with Crippen molar-refractivity contribution in [3.8, 4) is 5.75 Å². The number of hydrogen-bond donors (Lipinski definition) is 1. The van der Waals surface area contributed by atoms with Crippen LogP contribution in [0.2, 0.25) is 0 Å². The molecule has 1 rings (SSSR count). The predicted molar refractivity (Wildman–Crippen MR) is 62.5 cm³/mol. The van der Waals surface area contributed by atoms with E-state index in [0.717, 1.165) is 0 Å². The number of carbonyl (C=O) groups is 1. The molecule has 16 heavy (non-hydrogen) atoms. The zero-order chi connectivity index (χ0) is 12.1. The van der Waals surface area contributed by atoms with Gasteiger partial charge in [0.05, 0.1) is 25.0 Å². The molecule has 0 atom stereocenters. The number of rotatable bonds is 4. The Hall–Kier alpha value is -1.71. The first kappa shape index (κ1) is 12.4. The molecule has 4 nitrogen and oxygen atoms in total. The molecule has 0 amide bonds. The second kappa shape index (κ2) is 5.39. The van der Waals surface area contributed by atoms with E-state index in [1.54, 1.807) is 18.2 Å². The van der Waals surface area contributed by atoms with Crippen LogP contribution >= 0.6 is 0 Å². The Kier molecular flexibility index (Phi) is 4.17. The van der Waals surface area contributed by atoms with Gasteiger partial charge < -0.3 is 15.2 Å². The Balaban J connectivity index is 2.86. The minimum absolute atomic E-state index is 0.394. The Morgan fingerprint density at radius 3 is 2.69 bits per heavy atom. The van der Waals surface area contributed by atoms with Gasteiger partial charge in [-0.15, -0.1) is 0 Å². The van der Waals surface area contributed by atoms with Crippen LogP contribution in [0.3, 0.4) is 0 Å². The van der Waals surface area contributed by atoms with Crippen LogP contribution in [0.15, 0.2) is 18.2 Å². The SMILES string of the molecule is COC(=O)c1ccc(N)c(OCC(C)C)c1. The van der Waals surface area contributed by atoms with E-state index >= 15 is 0 Å². The third-order valence-electron chi connectivity index (χ3n) is 2.01. The van der Waals surface area contributed by atoms with Crippen LogP contribution in [0.4, 0.5) is 5.69 Å². The highest BCUT2D eigenvalue weighted by atomic mass is 16.5. The van der Waals surface area contributed by atoms with Crippen molar-refractivity contribution in [3.05, 3.63) is 23.8 Å². The summed E-state index contributed by atoms with van der Waals surface area (Å²) in [5.74, 6) is 0.534. The molecule has 2 N–H and O–H groups in total. The van der Waals surface area contributed by atoms with E-state index in [1.165, 1.54) is 7.11 Å². The number of nitrogens with two attached hydrogens (primary N) is 1. The van der Waals surface area contributed by atoms with Crippen molar-refractivity contribution >= 4 is 11.7 Å². The van der Waals surface area contributed by atoms with Crippen molar-refractivity contribution in [2.45, 2.75) is 13.8 Å². The highest BCUT2D eigenvalue weighted by molar-refractivity contribution is 5.90. The molecule has 0 aliphatic heterocycles. The molecule has 0 fully saturated rings. The number of carbonyl (C=O) groups excluding carboxylic acids is 1. The average molecular weight is 223 g/mol.